The average molecular weight is 199 g/mol. The van der Waals surface area contributed by atoms with E-state index in [4.69, 9.17) is 4.74 Å². The molecule has 0 fully saturated rings. The number of hydrogen-bond donors (Lipinski definition) is 2. The Labute approximate surface area is 86.1 Å². The lowest BCUT2D eigenvalue weighted by Crippen LogP contribution is -2.35. The zero-order valence-electron chi connectivity index (χ0n) is 9.18. The summed E-state index contributed by atoms with van der Waals surface area (Å²) >= 11 is 0. The van der Waals surface area contributed by atoms with Crippen LogP contribution >= 0.6 is 0 Å². The topological polar surface area (TPSA) is 45.6 Å². The van der Waals surface area contributed by atoms with Crippen LogP contribution in [0.1, 0.15) is 20.3 Å². The van der Waals surface area contributed by atoms with Gasteiger partial charge in [-0.2, -0.15) is 0 Å². The van der Waals surface area contributed by atoms with Gasteiger partial charge in [-0.1, -0.05) is 13.8 Å². The van der Waals surface area contributed by atoms with Crippen LogP contribution < -0.4 is 10.6 Å². The fourth-order valence-corrected chi connectivity index (χ4v) is 1.18. The van der Waals surface area contributed by atoms with Crippen LogP contribution in [-0.4, -0.2) is 38.8 Å². The Bertz CT molecular complexity index is 180. The van der Waals surface area contributed by atoms with Crippen molar-refractivity contribution in [3.8, 4) is 0 Å². The van der Waals surface area contributed by atoms with E-state index in [-0.39, 0.29) is 0 Å². The molecule has 14 heavy (non-hydrogen) atoms. The Kier molecular flexibility index (Phi) is 5.37. The van der Waals surface area contributed by atoms with Crippen molar-refractivity contribution in [2.45, 2.75) is 20.3 Å². The van der Waals surface area contributed by atoms with E-state index >= 15 is 0 Å². The molecule has 0 saturated heterocycles. The highest BCUT2D eigenvalue weighted by Gasteiger charge is 2.02. The van der Waals surface area contributed by atoms with E-state index in [1.54, 1.807) is 0 Å². The van der Waals surface area contributed by atoms with Gasteiger partial charge in [-0.05, 0) is 12.3 Å². The van der Waals surface area contributed by atoms with Crippen LogP contribution in [0.3, 0.4) is 0 Å². The number of nitrogens with zero attached hydrogens (tertiary/aromatic N) is 1. The summed E-state index contributed by atoms with van der Waals surface area (Å²) in [5.41, 5.74) is 0. The molecule has 1 aliphatic rings. The summed E-state index contributed by atoms with van der Waals surface area (Å²) in [5.74, 6) is 1.64. The highest BCUT2D eigenvalue weighted by Crippen LogP contribution is 1.98. The molecular weight excluding hydrogens is 178 g/mol. The Morgan fingerprint density at radius 1 is 1.50 bits per heavy atom. The molecule has 0 unspecified atom stereocenters. The maximum atomic E-state index is 5.46. The average Bonchev–Trinajstić information content (AvgIpc) is 2.63. The van der Waals surface area contributed by atoms with Gasteiger partial charge in [0.1, 0.15) is 0 Å². The molecule has 82 valence electrons. The van der Waals surface area contributed by atoms with E-state index in [0.29, 0.717) is 0 Å². The minimum absolute atomic E-state index is 0.726. The van der Waals surface area contributed by atoms with E-state index in [0.717, 1.165) is 51.1 Å². The Balaban J connectivity index is 1.84. The van der Waals surface area contributed by atoms with Gasteiger partial charge in [-0.15, -0.1) is 0 Å². The van der Waals surface area contributed by atoms with Crippen molar-refractivity contribution in [3.05, 3.63) is 0 Å². The van der Waals surface area contributed by atoms with Crippen LogP contribution in [0.5, 0.6) is 0 Å². The summed E-state index contributed by atoms with van der Waals surface area (Å²) in [4.78, 5) is 4.22. The zero-order chi connectivity index (χ0) is 10.2. The highest BCUT2D eigenvalue weighted by atomic mass is 16.5. The molecule has 0 saturated carbocycles. The second-order valence-electron chi connectivity index (χ2n) is 3.88. The number of rotatable bonds is 6. The first-order chi connectivity index (χ1) is 6.79. The number of hydrogen-bond acceptors (Lipinski definition) is 4. The summed E-state index contributed by atoms with van der Waals surface area (Å²) in [7, 11) is 0. The second kappa shape index (κ2) is 6.65. The molecule has 0 atom stereocenters. The standard InChI is InChI=1S/C10H21N3O/c1-9(2)3-7-14-8-6-13-10-11-4-5-12-10/h9H,3-8H2,1-2H3,(H2,11,12,13). The molecule has 4 heteroatoms. The molecular formula is C10H21N3O. The van der Waals surface area contributed by atoms with Crippen LogP contribution in [0.2, 0.25) is 0 Å². The number of ether oxygens (including phenoxy) is 1. The highest BCUT2D eigenvalue weighted by molar-refractivity contribution is 5.81. The minimum atomic E-state index is 0.726. The molecule has 1 heterocycles. The van der Waals surface area contributed by atoms with Crippen LogP contribution in [0, 0.1) is 5.92 Å². The fourth-order valence-electron chi connectivity index (χ4n) is 1.18. The van der Waals surface area contributed by atoms with Gasteiger partial charge in [0, 0.05) is 19.7 Å². The van der Waals surface area contributed by atoms with Crippen LogP contribution in [0.4, 0.5) is 0 Å². The van der Waals surface area contributed by atoms with Crippen molar-refractivity contribution in [1.82, 2.24) is 10.6 Å². The third-order valence-corrected chi connectivity index (χ3v) is 2.05. The van der Waals surface area contributed by atoms with Gasteiger partial charge < -0.3 is 15.4 Å². The van der Waals surface area contributed by atoms with Crippen LogP contribution in [0.25, 0.3) is 0 Å². The molecule has 1 rings (SSSR count). The summed E-state index contributed by atoms with van der Waals surface area (Å²) in [6.07, 6.45) is 1.14. The lowest BCUT2D eigenvalue weighted by molar-refractivity contribution is 0.128. The van der Waals surface area contributed by atoms with Crippen molar-refractivity contribution in [3.63, 3.8) is 0 Å². The van der Waals surface area contributed by atoms with E-state index in [2.05, 4.69) is 29.5 Å². The Morgan fingerprint density at radius 2 is 2.36 bits per heavy atom. The molecule has 0 aromatic heterocycles. The predicted octanol–water partition coefficient (Wildman–Crippen LogP) is 0.598. The van der Waals surface area contributed by atoms with E-state index < -0.39 is 0 Å². The van der Waals surface area contributed by atoms with Crippen molar-refractivity contribution in [1.29, 1.82) is 0 Å². The van der Waals surface area contributed by atoms with Crippen molar-refractivity contribution < 1.29 is 4.74 Å². The zero-order valence-corrected chi connectivity index (χ0v) is 9.18. The molecule has 2 N–H and O–H groups in total. The first-order valence-corrected chi connectivity index (χ1v) is 5.39. The normalized spacial score (nSPS) is 15.5. The molecule has 0 bridgehead atoms. The largest absolute Gasteiger partial charge is 0.380 e. The third-order valence-electron chi connectivity index (χ3n) is 2.05. The van der Waals surface area contributed by atoms with Gasteiger partial charge in [0.05, 0.1) is 13.2 Å². The molecule has 0 aliphatic carbocycles. The molecule has 1 aliphatic heterocycles. The number of nitrogens with one attached hydrogen (secondary N) is 2. The molecule has 0 spiro atoms. The third kappa shape index (κ3) is 5.07. The van der Waals surface area contributed by atoms with E-state index in [1.807, 2.05) is 0 Å². The molecule has 0 aromatic rings. The predicted molar refractivity (Wildman–Crippen MR) is 58.6 cm³/mol. The van der Waals surface area contributed by atoms with Crippen LogP contribution in [0.15, 0.2) is 4.99 Å². The SMILES string of the molecule is CC(C)CCOCCNC1=NCCN1. The fraction of sp³-hybridized carbons (Fsp3) is 0.900. The number of aliphatic imine (C=N–C) groups is 1. The molecule has 0 radical (unpaired) electrons. The lowest BCUT2D eigenvalue weighted by atomic mass is 10.1. The summed E-state index contributed by atoms with van der Waals surface area (Å²) in [6.45, 7) is 8.71. The first kappa shape index (κ1) is 11.3. The van der Waals surface area contributed by atoms with Gasteiger partial charge in [0.25, 0.3) is 0 Å². The molecule has 4 nitrogen and oxygen atoms in total. The van der Waals surface area contributed by atoms with Gasteiger partial charge in [-0.25, -0.2) is 0 Å². The minimum Gasteiger partial charge on any atom is -0.380 e. The summed E-state index contributed by atoms with van der Waals surface area (Å²) < 4.78 is 5.46. The monoisotopic (exact) mass is 199 g/mol. The van der Waals surface area contributed by atoms with Gasteiger partial charge >= 0.3 is 0 Å². The molecule has 0 amide bonds. The maximum absolute atomic E-state index is 5.46. The lowest BCUT2D eigenvalue weighted by Gasteiger charge is -2.08. The second-order valence-corrected chi connectivity index (χ2v) is 3.88. The Morgan fingerprint density at radius 3 is 3.00 bits per heavy atom. The summed E-state index contributed by atoms with van der Waals surface area (Å²) in [5, 5.41) is 6.33. The maximum Gasteiger partial charge on any atom is 0.191 e. The molecule has 0 aromatic carbocycles. The quantitative estimate of drug-likeness (QED) is 0.616. The van der Waals surface area contributed by atoms with E-state index in [1.165, 1.54) is 0 Å². The van der Waals surface area contributed by atoms with Gasteiger partial charge in [0.2, 0.25) is 0 Å². The Hall–Kier alpha value is -0.770. The smallest absolute Gasteiger partial charge is 0.191 e. The number of guanidine groups is 1. The van der Waals surface area contributed by atoms with Crippen LogP contribution in [-0.2, 0) is 4.74 Å². The van der Waals surface area contributed by atoms with Gasteiger partial charge in [0.15, 0.2) is 5.96 Å². The van der Waals surface area contributed by atoms with E-state index in [9.17, 15) is 0 Å². The van der Waals surface area contributed by atoms with Crippen molar-refractivity contribution in [2.75, 3.05) is 32.8 Å². The van der Waals surface area contributed by atoms with Crippen molar-refractivity contribution in [2.24, 2.45) is 10.9 Å². The summed E-state index contributed by atoms with van der Waals surface area (Å²) in [6, 6.07) is 0. The first-order valence-electron chi connectivity index (χ1n) is 5.39. The van der Waals surface area contributed by atoms with Crippen molar-refractivity contribution >= 4 is 5.96 Å². The van der Waals surface area contributed by atoms with Gasteiger partial charge in [-0.3, -0.25) is 4.99 Å².